The van der Waals surface area contributed by atoms with Crippen molar-refractivity contribution in [3.8, 4) is 0 Å². The Morgan fingerprint density at radius 3 is 2.67 bits per heavy atom. The lowest BCUT2D eigenvalue weighted by Crippen LogP contribution is -2.53. The van der Waals surface area contributed by atoms with Crippen LogP contribution in [0, 0.1) is 5.82 Å². The lowest BCUT2D eigenvalue weighted by Gasteiger charge is -2.38. The number of aromatic nitrogens is 2. The van der Waals surface area contributed by atoms with E-state index in [1.165, 1.54) is 12.1 Å². The summed E-state index contributed by atoms with van der Waals surface area (Å²) < 4.78 is 13.5. The van der Waals surface area contributed by atoms with Gasteiger partial charge in [0.15, 0.2) is 28.4 Å². The largest absolute Gasteiger partial charge is 0.381 e. The normalized spacial score (nSPS) is 18.6. The molecule has 0 bridgehead atoms. The summed E-state index contributed by atoms with van der Waals surface area (Å²) in [5, 5.41) is 9.10. The SMILES string of the molecule is CNc1nc(N)c(Cl)nc1C(=O)/N=C1\NCC2(CCN(C(=O)CCC(=O)N3CCc4cc(F)ccc43)CC2)N1. The van der Waals surface area contributed by atoms with Crippen molar-refractivity contribution in [1.82, 2.24) is 25.5 Å². The van der Waals surface area contributed by atoms with Gasteiger partial charge in [0.2, 0.25) is 11.8 Å². The molecule has 0 aliphatic carbocycles. The number of hydrogen-bond acceptors (Lipinski definition) is 7. The fourth-order valence-corrected chi connectivity index (χ4v) is 5.31. The van der Waals surface area contributed by atoms with Gasteiger partial charge in [-0.05, 0) is 43.0 Å². The summed E-state index contributed by atoms with van der Waals surface area (Å²) >= 11 is 5.93. The Bertz CT molecular complexity index is 1360. The molecule has 3 aliphatic rings. The van der Waals surface area contributed by atoms with Crippen molar-refractivity contribution in [1.29, 1.82) is 0 Å². The highest BCUT2D eigenvalue weighted by Gasteiger charge is 2.41. The van der Waals surface area contributed by atoms with Crippen LogP contribution in [0.1, 0.15) is 41.7 Å². The average molecular weight is 558 g/mol. The lowest BCUT2D eigenvalue weighted by atomic mass is 9.88. The number of rotatable bonds is 5. The number of guanidine groups is 1. The van der Waals surface area contributed by atoms with Gasteiger partial charge in [-0.15, -0.1) is 0 Å². The Labute approximate surface area is 229 Å². The van der Waals surface area contributed by atoms with E-state index >= 15 is 0 Å². The number of fused-ring (bicyclic) bond motifs is 1. The third-order valence-electron chi connectivity index (χ3n) is 7.37. The summed E-state index contributed by atoms with van der Waals surface area (Å²) in [6, 6.07) is 4.42. The minimum absolute atomic E-state index is 0.00465. The van der Waals surface area contributed by atoms with Crippen molar-refractivity contribution in [3.05, 3.63) is 40.4 Å². The molecule has 0 saturated carbocycles. The minimum atomic E-state index is -0.635. The zero-order valence-corrected chi connectivity index (χ0v) is 22.1. The molecule has 5 rings (SSSR count). The van der Waals surface area contributed by atoms with Gasteiger partial charge in [-0.2, -0.15) is 4.99 Å². The van der Waals surface area contributed by atoms with Crippen LogP contribution < -0.4 is 26.6 Å². The maximum atomic E-state index is 13.5. The fraction of sp³-hybridized carbons (Fsp3) is 0.440. The third-order valence-corrected chi connectivity index (χ3v) is 7.65. The fourth-order valence-electron chi connectivity index (χ4n) is 5.19. The molecule has 1 aromatic carbocycles. The second-order valence-electron chi connectivity index (χ2n) is 9.82. The van der Waals surface area contributed by atoms with Crippen LogP contribution in [0.2, 0.25) is 5.15 Å². The van der Waals surface area contributed by atoms with Crippen LogP contribution in [0.5, 0.6) is 0 Å². The van der Waals surface area contributed by atoms with Gasteiger partial charge >= 0.3 is 5.91 Å². The monoisotopic (exact) mass is 557 g/mol. The highest BCUT2D eigenvalue weighted by atomic mass is 35.5. The quantitative estimate of drug-likeness (QED) is 0.425. The second-order valence-corrected chi connectivity index (χ2v) is 10.2. The maximum Gasteiger partial charge on any atom is 0.302 e. The number of anilines is 3. The van der Waals surface area contributed by atoms with E-state index in [2.05, 4.69) is 30.9 Å². The van der Waals surface area contributed by atoms with Crippen molar-refractivity contribution >= 4 is 52.6 Å². The van der Waals surface area contributed by atoms with Gasteiger partial charge in [0.25, 0.3) is 0 Å². The number of amides is 3. The van der Waals surface area contributed by atoms with Crippen molar-refractivity contribution < 1.29 is 18.8 Å². The van der Waals surface area contributed by atoms with E-state index in [-0.39, 0.29) is 58.5 Å². The lowest BCUT2D eigenvalue weighted by molar-refractivity contribution is -0.134. The molecule has 3 aliphatic heterocycles. The van der Waals surface area contributed by atoms with Crippen LogP contribution in [0.4, 0.5) is 21.7 Å². The Morgan fingerprint density at radius 2 is 1.92 bits per heavy atom. The molecule has 4 heterocycles. The molecule has 206 valence electrons. The predicted molar refractivity (Wildman–Crippen MR) is 144 cm³/mol. The van der Waals surface area contributed by atoms with Gasteiger partial charge in [0, 0.05) is 51.8 Å². The van der Waals surface area contributed by atoms with Crippen molar-refractivity contribution in [2.75, 3.05) is 49.2 Å². The molecule has 1 spiro atoms. The van der Waals surface area contributed by atoms with E-state index in [1.807, 2.05) is 0 Å². The molecule has 14 heteroatoms. The number of benzene rings is 1. The number of aliphatic imine (C=N–C) groups is 1. The second kappa shape index (κ2) is 10.6. The van der Waals surface area contributed by atoms with Crippen LogP contribution in [0.25, 0.3) is 0 Å². The molecule has 2 aromatic rings. The molecular weight excluding hydrogens is 529 g/mol. The minimum Gasteiger partial charge on any atom is -0.381 e. The van der Waals surface area contributed by atoms with Gasteiger partial charge in [0.1, 0.15) is 5.82 Å². The summed E-state index contributed by atoms with van der Waals surface area (Å²) in [5.74, 6) is -0.677. The first kappa shape index (κ1) is 26.6. The Kier molecular flexibility index (Phi) is 7.25. The van der Waals surface area contributed by atoms with E-state index in [0.717, 1.165) is 11.3 Å². The number of nitrogens with one attached hydrogen (secondary N) is 3. The topological polar surface area (TPSA) is 158 Å². The summed E-state index contributed by atoms with van der Waals surface area (Å²) in [6.07, 6.45) is 2.12. The number of nitrogen functional groups attached to an aromatic ring is 1. The molecule has 0 unspecified atom stereocenters. The van der Waals surface area contributed by atoms with E-state index in [1.54, 1.807) is 22.9 Å². The van der Waals surface area contributed by atoms with Gasteiger partial charge in [-0.25, -0.2) is 14.4 Å². The summed E-state index contributed by atoms with van der Waals surface area (Å²) in [7, 11) is 1.58. The average Bonchev–Trinajstić information content (AvgIpc) is 3.52. The zero-order chi connectivity index (χ0) is 27.7. The Balaban J connectivity index is 1.13. The molecular formula is C25H29ClFN9O3. The molecule has 2 fully saturated rings. The van der Waals surface area contributed by atoms with Crippen LogP contribution in [0.3, 0.4) is 0 Å². The summed E-state index contributed by atoms with van der Waals surface area (Å²) in [6.45, 7) is 2.06. The molecule has 5 N–H and O–H groups in total. The molecule has 1 aromatic heterocycles. The highest BCUT2D eigenvalue weighted by Crippen LogP contribution is 2.30. The number of nitrogens with zero attached hydrogens (tertiary/aromatic N) is 5. The molecule has 12 nitrogen and oxygen atoms in total. The molecule has 2 saturated heterocycles. The Morgan fingerprint density at radius 1 is 1.18 bits per heavy atom. The summed E-state index contributed by atoms with van der Waals surface area (Å²) in [5.41, 5.74) is 6.80. The van der Waals surface area contributed by atoms with Crippen LogP contribution in [-0.2, 0) is 16.0 Å². The number of nitrogens with two attached hydrogens (primary N) is 1. The smallest absolute Gasteiger partial charge is 0.302 e. The molecule has 0 radical (unpaired) electrons. The predicted octanol–water partition coefficient (Wildman–Crippen LogP) is 1.31. The number of piperidine rings is 1. The van der Waals surface area contributed by atoms with Crippen LogP contribution >= 0.6 is 11.6 Å². The van der Waals surface area contributed by atoms with Crippen LogP contribution in [-0.4, -0.2) is 77.3 Å². The van der Waals surface area contributed by atoms with E-state index < -0.39 is 5.91 Å². The number of hydrogen-bond donors (Lipinski definition) is 4. The number of likely N-dealkylation sites (tertiary alicyclic amines) is 1. The van der Waals surface area contributed by atoms with E-state index in [9.17, 15) is 18.8 Å². The first-order valence-corrected chi connectivity index (χ1v) is 13.1. The van der Waals surface area contributed by atoms with Gasteiger partial charge in [-0.3, -0.25) is 14.4 Å². The molecule has 3 amide bonds. The first-order valence-electron chi connectivity index (χ1n) is 12.7. The van der Waals surface area contributed by atoms with E-state index in [0.29, 0.717) is 51.4 Å². The highest BCUT2D eigenvalue weighted by molar-refractivity contribution is 6.31. The van der Waals surface area contributed by atoms with Crippen molar-refractivity contribution in [2.45, 2.75) is 37.6 Å². The zero-order valence-electron chi connectivity index (χ0n) is 21.4. The van der Waals surface area contributed by atoms with Gasteiger partial charge in [-0.1, -0.05) is 11.6 Å². The Hall–Kier alpha value is -4.00. The van der Waals surface area contributed by atoms with Crippen molar-refractivity contribution in [2.24, 2.45) is 4.99 Å². The first-order chi connectivity index (χ1) is 18.7. The van der Waals surface area contributed by atoms with Gasteiger partial charge < -0.3 is 31.5 Å². The molecule has 0 atom stereocenters. The number of halogens is 2. The maximum absolute atomic E-state index is 13.5. The summed E-state index contributed by atoms with van der Waals surface area (Å²) in [4.78, 5) is 53.9. The van der Waals surface area contributed by atoms with Crippen LogP contribution in [0.15, 0.2) is 23.2 Å². The van der Waals surface area contributed by atoms with Gasteiger partial charge in [0.05, 0.1) is 5.54 Å². The number of carbonyl (C=O) groups is 3. The number of carbonyl (C=O) groups excluding carboxylic acids is 3. The molecule has 39 heavy (non-hydrogen) atoms. The third kappa shape index (κ3) is 5.44. The van der Waals surface area contributed by atoms with E-state index in [4.69, 9.17) is 17.3 Å². The standard InChI is InChI=1S/C25H29ClFN9O3/c1-29-22-19(31-20(26)21(28)32-22)23(39)33-24-30-13-25(34-24)7-10-35(11-8-25)17(37)4-5-18(38)36-9-6-14-12-15(27)2-3-16(14)36/h2-3,12H,4-11,13H2,1H3,(H3,28,29,32)(H2,30,33,34,39). The van der Waals surface area contributed by atoms with Crippen molar-refractivity contribution in [3.63, 3.8) is 0 Å².